The van der Waals surface area contributed by atoms with Gasteiger partial charge < -0.3 is 14.4 Å². The lowest BCUT2D eigenvalue weighted by Gasteiger charge is -2.31. The summed E-state index contributed by atoms with van der Waals surface area (Å²) < 4.78 is 11.6. The van der Waals surface area contributed by atoms with Crippen molar-refractivity contribution < 1.29 is 28.7 Å². The minimum Gasteiger partial charge on any atom is -0.469 e. The third-order valence-corrected chi connectivity index (χ3v) is 6.06. The second-order valence-electron chi connectivity index (χ2n) is 8.15. The molecule has 1 aromatic heterocycles. The van der Waals surface area contributed by atoms with E-state index in [2.05, 4.69) is 10.3 Å². The Morgan fingerprint density at radius 3 is 2.88 bits per heavy atom. The highest BCUT2D eigenvalue weighted by atomic mass is 16.6. The Hall–Kier alpha value is -3.75. The Kier molecular flexibility index (Phi) is 4.88. The number of benzene rings is 1. The van der Waals surface area contributed by atoms with Gasteiger partial charge in [-0.1, -0.05) is 6.07 Å². The summed E-state index contributed by atoms with van der Waals surface area (Å²) in [5.74, 6) is -0.953. The zero-order valence-corrected chi connectivity index (χ0v) is 17.4. The Bertz CT molecular complexity index is 1150. The number of carbonyl (C=O) groups is 4. The van der Waals surface area contributed by atoms with Crippen LogP contribution in [0.15, 0.2) is 36.5 Å². The Labute approximate surface area is 183 Å². The lowest BCUT2D eigenvalue weighted by Crippen LogP contribution is -2.52. The first-order valence-corrected chi connectivity index (χ1v) is 10.5. The van der Waals surface area contributed by atoms with Gasteiger partial charge in [0.05, 0.1) is 5.56 Å². The van der Waals surface area contributed by atoms with Crippen molar-refractivity contribution in [2.75, 3.05) is 0 Å². The van der Waals surface area contributed by atoms with Crippen LogP contribution in [0.5, 0.6) is 5.88 Å². The van der Waals surface area contributed by atoms with Gasteiger partial charge in [0.1, 0.15) is 18.2 Å². The predicted octanol–water partition coefficient (Wildman–Crippen LogP) is 1.97. The normalized spacial score (nSPS) is 24.3. The summed E-state index contributed by atoms with van der Waals surface area (Å²) >= 11 is 0. The third kappa shape index (κ3) is 3.49. The van der Waals surface area contributed by atoms with Crippen molar-refractivity contribution in [2.24, 2.45) is 0 Å². The van der Waals surface area contributed by atoms with Crippen LogP contribution in [0.2, 0.25) is 0 Å². The zero-order valence-electron chi connectivity index (χ0n) is 17.4. The average Bonchev–Trinajstić information content (AvgIpc) is 3.09. The highest BCUT2D eigenvalue weighted by Crippen LogP contribution is 2.42. The molecule has 5 rings (SSSR count). The summed E-state index contributed by atoms with van der Waals surface area (Å²) in [5.41, 5.74) is 2.87. The van der Waals surface area contributed by atoms with Crippen LogP contribution < -0.4 is 10.1 Å². The lowest BCUT2D eigenvalue weighted by molar-refractivity contribution is -0.149. The van der Waals surface area contributed by atoms with Gasteiger partial charge in [-0.05, 0) is 41.8 Å². The van der Waals surface area contributed by atoms with Crippen molar-refractivity contribution in [3.8, 4) is 5.88 Å². The molecule has 0 saturated carbocycles. The number of aromatic nitrogens is 1. The second-order valence-corrected chi connectivity index (χ2v) is 8.15. The van der Waals surface area contributed by atoms with E-state index in [1.807, 2.05) is 18.2 Å². The highest BCUT2D eigenvalue weighted by Gasteiger charge is 2.40. The molecule has 1 aromatic carbocycles. The molecule has 0 bridgehead atoms. The first-order valence-electron chi connectivity index (χ1n) is 10.5. The number of carbonyl (C=O) groups excluding carboxylic acids is 4. The maximum absolute atomic E-state index is 12.9. The number of rotatable bonds is 3. The van der Waals surface area contributed by atoms with Crippen molar-refractivity contribution in [1.82, 2.24) is 15.2 Å². The van der Waals surface area contributed by atoms with Crippen LogP contribution in [0.4, 0.5) is 0 Å². The molecule has 3 aliphatic heterocycles. The van der Waals surface area contributed by atoms with Gasteiger partial charge in [-0.3, -0.25) is 24.5 Å². The molecule has 1 unspecified atom stereocenters. The molecular formula is C23H21N3O6. The van der Waals surface area contributed by atoms with Crippen LogP contribution in [-0.4, -0.2) is 39.6 Å². The molecular weight excluding hydrogens is 414 g/mol. The number of nitrogens with one attached hydrogen (secondary N) is 1. The first kappa shape index (κ1) is 20.2. The SMILES string of the molecule is CC(=O)O[C@H]1CC(c2ccc3c(c2)CN([C@H]2CCC(=O)NC2=O)C3=O)Oc2ncccc21. The maximum atomic E-state index is 12.9. The van der Waals surface area contributed by atoms with Gasteiger partial charge >= 0.3 is 5.97 Å². The number of nitrogens with zero attached hydrogens (tertiary/aromatic N) is 2. The lowest BCUT2D eigenvalue weighted by atomic mass is 9.94. The van der Waals surface area contributed by atoms with Gasteiger partial charge in [-0.15, -0.1) is 0 Å². The summed E-state index contributed by atoms with van der Waals surface area (Å²) in [6.45, 7) is 1.65. The second kappa shape index (κ2) is 7.74. The smallest absolute Gasteiger partial charge is 0.303 e. The quantitative estimate of drug-likeness (QED) is 0.579. The van der Waals surface area contributed by atoms with E-state index in [0.717, 1.165) is 16.7 Å². The van der Waals surface area contributed by atoms with E-state index in [4.69, 9.17) is 9.47 Å². The molecule has 164 valence electrons. The monoisotopic (exact) mass is 435 g/mol. The predicted molar refractivity (Wildman–Crippen MR) is 109 cm³/mol. The van der Waals surface area contributed by atoms with Crippen molar-refractivity contribution in [3.63, 3.8) is 0 Å². The van der Waals surface area contributed by atoms with Gasteiger partial charge in [-0.25, -0.2) is 4.98 Å². The number of ether oxygens (including phenoxy) is 2. The molecule has 1 fully saturated rings. The molecule has 3 amide bonds. The summed E-state index contributed by atoms with van der Waals surface area (Å²) in [6, 6.07) is 8.37. The molecule has 32 heavy (non-hydrogen) atoms. The fraction of sp³-hybridized carbons (Fsp3) is 0.348. The number of hydrogen-bond acceptors (Lipinski definition) is 7. The van der Waals surface area contributed by atoms with Crippen LogP contribution in [0.1, 0.15) is 65.4 Å². The minimum atomic E-state index is -0.661. The first-order chi connectivity index (χ1) is 15.4. The Balaban J connectivity index is 1.40. The van der Waals surface area contributed by atoms with Gasteiger partial charge in [0, 0.05) is 38.1 Å². The van der Waals surface area contributed by atoms with Gasteiger partial charge in [0.2, 0.25) is 17.7 Å². The molecule has 9 nitrogen and oxygen atoms in total. The molecule has 9 heteroatoms. The summed E-state index contributed by atoms with van der Waals surface area (Å²) in [4.78, 5) is 54.0. The topological polar surface area (TPSA) is 115 Å². The average molecular weight is 435 g/mol. The van der Waals surface area contributed by atoms with Gasteiger partial charge in [0.25, 0.3) is 5.91 Å². The third-order valence-electron chi connectivity index (χ3n) is 6.06. The molecule has 0 aliphatic carbocycles. The number of fused-ring (bicyclic) bond motifs is 2. The zero-order chi connectivity index (χ0) is 22.4. The molecule has 0 radical (unpaired) electrons. The molecule has 0 spiro atoms. The number of imide groups is 1. The molecule has 3 aliphatic rings. The largest absolute Gasteiger partial charge is 0.469 e. The fourth-order valence-electron chi connectivity index (χ4n) is 4.56. The number of amides is 3. The maximum Gasteiger partial charge on any atom is 0.303 e. The van der Waals surface area contributed by atoms with Gasteiger partial charge in [0.15, 0.2) is 0 Å². The van der Waals surface area contributed by atoms with Gasteiger partial charge in [-0.2, -0.15) is 0 Å². The van der Waals surface area contributed by atoms with E-state index in [9.17, 15) is 19.2 Å². The van der Waals surface area contributed by atoms with E-state index < -0.39 is 24.2 Å². The van der Waals surface area contributed by atoms with E-state index >= 15 is 0 Å². The molecule has 1 saturated heterocycles. The number of esters is 1. The highest BCUT2D eigenvalue weighted by molar-refractivity contribution is 6.05. The van der Waals surface area contributed by atoms with E-state index in [1.54, 1.807) is 18.3 Å². The Morgan fingerprint density at radius 2 is 2.09 bits per heavy atom. The van der Waals surface area contributed by atoms with Crippen LogP contribution >= 0.6 is 0 Å². The van der Waals surface area contributed by atoms with Crippen molar-refractivity contribution in [2.45, 2.75) is 51.0 Å². The summed E-state index contributed by atoms with van der Waals surface area (Å²) in [5, 5.41) is 2.31. The molecule has 3 atom stereocenters. The number of piperidine rings is 1. The van der Waals surface area contributed by atoms with E-state index in [0.29, 0.717) is 24.3 Å². The molecule has 4 heterocycles. The minimum absolute atomic E-state index is 0.210. The summed E-state index contributed by atoms with van der Waals surface area (Å²) in [7, 11) is 0. The number of hydrogen-bond donors (Lipinski definition) is 1. The van der Waals surface area contributed by atoms with Crippen LogP contribution in [-0.2, 0) is 25.7 Å². The number of pyridine rings is 1. The van der Waals surface area contributed by atoms with Crippen molar-refractivity contribution in [3.05, 3.63) is 58.8 Å². The molecule has 2 aromatic rings. The van der Waals surface area contributed by atoms with Crippen LogP contribution in [0.25, 0.3) is 0 Å². The Morgan fingerprint density at radius 1 is 1.25 bits per heavy atom. The summed E-state index contributed by atoms with van der Waals surface area (Å²) in [6.07, 6.45) is 1.67. The fourth-order valence-corrected chi connectivity index (χ4v) is 4.56. The van der Waals surface area contributed by atoms with Crippen LogP contribution in [0.3, 0.4) is 0 Å². The van der Waals surface area contributed by atoms with E-state index in [-0.39, 0.29) is 30.7 Å². The van der Waals surface area contributed by atoms with E-state index in [1.165, 1.54) is 11.8 Å². The van der Waals surface area contributed by atoms with Crippen molar-refractivity contribution in [1.29, 1.82) is 0 Å². The standard InChI is InChI=1S/C23H21N3O6/c1-12(27)31-19-10-18(32-22-16(19)3-2-8-24-22)13-4-5-15-14(9-13)11-26(23(15)30)17-6-7-20(28)25-21(17)29/h2-5,8-9,17-19H,6-7,10-11H2,1H3,(H,25,28,29)/t17-,18?,19-/m0/s1. The van der Waals surface area contributed by atoms with Crippen LogP contribution in [0, 0.1) is 0 Å². The molecule has 1 N–H and O–H groups in total. The van der Waals surface area contributed by atoms with Crippen molar-refractivity contribution >= 4 is 23.7 Å².